The molecule has 0 atom stereocenters. The molecule has 0 saturated carbocycles. The third-order valence-corrected chi connectivity index (χ3v) is 2.89. The third-order valence-electron chi connectivity index (χ3n) is 2.26. The normalized spacial score (nSPS) is 15.2. The predicted octanol–water partition coefficient (Wildman–Crippen LogP) is 3.23. The van der Waals surface area contributed by atoms with E-state index in [1.807, 2.05) is 0 Å². The summed E-state index contributed by atoms with van der Waals surface area (Å²) in [5.41, 5.74) is 1.13. The van der Waals surface area contributed by atoms with Gasteiger partial charge in [0.25, 0.3) is 0 Å². The van der Waals surface area contributed by atoms with Gasteiger partial charge in [0.15, 0.2) is 0 Å². The Kier molecular flexibility index (Phi) is 3.03. The lowest BCUT2D eigenvalue weighted by atomic mass is 10.0. The molecule has 1 aliphatic heterocycles. The van der Waals surface area contributed by atoms with Crippen molar-refractivity contribution in [2.75, 3.05) is 5.32 Å². The van der Waals surface area contributed by atoms with Crippen LogP contribution in [0.2, 0.25) is 0 Å². The number of anilines is 1. The van der Waals surface area contributed by atoms with Crippen LogP contribution in [0.5, 0.6) is 5.75 Å². The monoisotopic (exact) mass is 309 g/mol. The number of rotatable bonds is 1. The summed E-state index contributed by atoms with van der Waals surface area (Å²) in [5, 5.41) is 2.60. The van der Waals surface area contributed by atoms with Crippen molar-refractivity contribution in [3.05, 3.63) is 22.2 Å². The van der Waals surface area contributed by atoms with Crippen molar-refractivity contribution in [1.82, 2.24) is 0 Å². The van der Waals surface area contributed by atoms with Gasteiger partial charge in [0, 0.05) is 10.9 Å². The molecule has 0 aliphatic carbocycles. The molecule has 0 bridgehead atoms. The number of hydrogen-bond acceptors (Lipinski definition) is 2. The van der Waals surface area contributed by atoms with Crippen LogP contribution in [0.15, 0.2) is 16.6 Å². The molecule has 17 heavy (non-hydrogen) atoms. The van der Waals surface area contributed by atoms with Gasteiger partial charge in [0.1, 0.15) is 5.75 Å². The SMILES string of the molecule is O=C1CCc2cc(OC(F)(F)F)cc(Br)c2N1. The number of nitrogens with one attached hydrogen (secondary N) is 1. The highest BCUT2D eigenvalue weighted by Crippen LogP contribution is 2.36. The lowest BCUT2D eigenvalue weighted by molar-refractivity contribution is -0.274. The zero-order chi connectivity index (χ0) is 12.6. The Hall–Kier alpha value is -1.24. The molecule has 1 aliphatic rings. The fourth-order valence-electron chi connectivity index (χ4n) is 1.62. The van der Waals surface area contributed by atoms with E-state index in [9.17, 15) is 18.0 Å². The second-order valence-electron chi connectivity index (χ2n) is 3.54. The van der Waals surface area contributed by atoms with Gasteiger partial charge in [-0.2, -0.15) is 0 Å². The van der Waals surface area contributed by atoms with Crippen LogP contribution in [0, 0.1) is 0 Å². The highest BCUT2D eigenvalue weighted by Gasteiger charge is 2.32. The van der Waals surface area contributed by atoms with Gasteiger partial charge in [-0.3, -0.25) is 4.79 Å². The topological polar surface area (TPSA) is 38.3 Å². The molecule has 0 radical (unpaired) electrons. The Morgan fingerprint density at radius 3 is 2.65 bits per heavy atom. The molecule has 0 saturated heterocycles. The summed E-state index contributed by atoms with van der Waals surface area (Å²) in [4.78, 5) is 11.1. The van der Waals surface area contributed by atoms with E-state index in [1.54, 1.807) is 0 Å². The molecule has 0 spiro atoms. The van der Waals surface area contributed by atoms with Gasteiger partial charge in [0.2, 0.25) is 5.91 Å². The second kappa shape index (κ2) is 4.21. The number of halogens is 4. The zero-order valence-corrected chi connectivity index (χ0v) is 9.98. The van der Waals surface area contributed by atoms with Gasteiger partial charge in [-0.15, -0.1) is 13.2 Å². The number of carbonyl (C=O) groups is 1. The summed E-state index contributed by atoms with van der Waals surface area (Å²) in [7, 11) is 0. The molecule has 92 valence electrons. The summed E-state index contributed by atoms with van der Waals surface area (Å²) >= 11 is 3.11. The molecular formula is C10H7BrF3NO2. The maximum Gasteiger partial charge on any atom is 0.573 e. The first kappa shape index (κ1) is 12.2. The number of aryl methyl sites for hydroxylation is 1. The van der Waals surface area contributed by atoms with E-state index in [1.165, 1.54) is 12.1 Å². The van der Waals surface area contributed by atoms with Crippen molar-refractivity contribution in [1.29, 1.82) is 0 Å². The van der Waals surface area contributed by atoms with Crippen molar-refractivity contribution < 1.29 is 22.7 Å². The fraction of sp³-hybridized carbons (Fsp3) is 0.300. The maximum absolute atomic E-state index is 12.1. The van der Waals surface area contributed by atoms with Gasteiger partial charge in [0.05, 0.1) is 5.69 Å². The molecule has 7 heteroatoms. The lowest BCUT2D eigenvalue weighted by Crippen LogP contribution is -2.21. The van der Waals surface area contributed by atoms with Crippen LogP contribution < -0.4 is 10.1 Å². The summed E-state index contributed by atoms with van der Waals surface area (Å²) < 4.78 is 40.4. The minimum atomic E-state index is -4.72. The largest absolute Gasteiger partial charge is 0.573 e. The third kappa shape index (κ3) is 2.91. The first-order valence-electron chi connectivity index (χ1n) is 4.73. The molecule has 1 aromatic carbocycles. The van der Waals surface area contributed by atoms with Gasteiger partial charge < -0.3 is 10.1 Å². The minimum absolute atomic E-state index is 0.150. The van der Waals surface area contributed by atoms with E-state index < -0.39 is 6.36 Å². The highest BCUT2D eigenvalue weighted by molar-refractivity contribution is 9.10. The summed E-state index contributed by atoms with van der Waals surface area (Å²) in [6.07, 6.45) is -4.06. The number of alkyl halides is 3. The van der Waals surface area contributed by atoms with Gasteiger partial charge in [-0.1, -0.05) is 0 Å². The molecule has 2 rings (SSSR count). The van der Waals surface area contributed by atoms with Crippen LogP contribution >= 0.6 is 15.9 Å². The average molecular weight is 310 g/mol. The maximum atomic E-state index is 12.1. The van der Waals surface area contributed by atoms with Gasteiger partial charge in [-0.05, 0) is 40.0 Å². The Labute approximate surface area is 103 Å². The zero-order valence-electron chi connectivity index (χ0n) is 8.40. The Bertz CT molecular complexity index is 473. The van der Waals surface area contributed by atoms with E-state index in [2.05, 4.69) is 26.0 Å². The quantitative estimate of drug-likeness (QED) is 0.865. The summed E-state index contributed by atoms with van der Waals surface area (Å²) in [5.74, 6) is -0.443. The number of carbonyl (C=O) groups excluding carboxylic acids is 1. The summed E-state index contributed by atoms with van der Waals surface area (Å²) in [6, 6.07) is 2.46. The Morgan fingerprint density at radius 2 is 2.00 bits per heavy atom. The van der Waals surface area contributed by atoms with Crippen LogP contribution in [0.1, 0.15) is 12.0 Å². The number of hydrogen-bond donors (Lipinski definition) is 1. The number of ether oxygens (including phenoxy) is 1. The van der Waals surface area contributed by atoms with Crippen molar-refractivity contribution in [2.45, 2.75) is 19.2 Å². The lowest BCUT2D eigenvalue weighted by Gasteiger charge is -2.19. The van der Waals surface area contributed by atoms with E-state index in [-0.39, 0.29) is 18.1 Å². The molecule has 3 nitrogen and oxygen atoms in total. The van der Waals surface area contributed by atoms with E-state index in [4.69, 9.17) is 0 Å². The van der Waals surface area contributed by atoms with Crippen LogP contribution in [0.4, 0.5) is 18.9 Å². The predicted molar refractivity (Wildman–Crippen MR) is 57.8 cm³/mol. The van der Waals surface area contributed by atoms with Crippen molar-refractivity contribution >= 4 is 27.5 Å². The Morgan fingerprint density at radius 1 is 1.29 bits per heavy atom. The first-order valence-corrected chi connectivity index (χ1v) is 5.52. The first-order chi connectivity index (χ1) is 7.85. The van der Waals surface area contributed by atoms with Gasteiger partial charge in [-0.25, -0.2) is 0 Å². The molecule has 1 N–H and O–H groups in total. The van der Waals surface area contributed by atoms with E-state index in [0.29, 0.717) is 22.1 Å². The minimum Gasteiger partial charge on any atom is -0.406 e. The standard InChI is InChI=1S/C10H7BrF3NO2/c11-7-4-6(17-10(12,13)14)3-5-1-2-8(16)15-9(5)7/h3-4H,1-2H2,(H,15,16). The molecular weight excluding hydrogens is 303 g/mol. The van der Waals surface area contributed by atoms with Crippen LogP contribution in [-0.2, 0) is 11.2 Å². The molecule has 1 heterocycles. The summed E-state index contributed by atoms with van der Waals surface area (Å²) in [6.45, 7) is 0. The van der Waals surface area contributed by atoms with Crippen LogP contribution in [0.25, 0.3) is 0 Å². The van der Waals surface area contributed by atoms with Crippen molar-refractivity contribution in [2.24, 2.45) is 0 Å². The molecule has 0 aromatic heterocycles. The highest BCUT2D eigenvalue weighted by atomic mass is 79.9. The number of fused-ring (bicyclic) bond motifs is 1. The van der Waals surface area contributed by atoms with Crippen LogP contribution in [-0.4, -0.2) is 12.3 Å². The van der Waals surface area contributed by atoms with Crippen LogP contribution in [0.3, 0.4) is 0 Å². The average Bonchev–Trinajstić information content (AvgIpc) is 2.17. The molecule has 0 fully saturated rings. The molecule has 1 aromatic rings. The molecule has 1 amide bonds. The van der Waals surface area contributed by atoms with Gasteiger partial charge >= 0.3 is 6.36 Å². The number of amides is 1. The smallest absolute Gasteiger partial charge is 0.406 e. The Balaban J connectivity index is 2.34. The van der Waals surface area contributed by atoms with E-state index in [0.717, 1.165) is 0 Å². The van der Waals surface area contributed by atoms with E-state index >= 15 is 0 Å². The molecule has 0 unspecified atom stereocenters. The second-order valence-corrected chi connectivity index (χ2v) is 4.39. The number of benzene rings is 1. The van der Waals surface area contributed by atoms with Crippen molar-refractivity contribution in [3.8, 4) is 5.75 Å². The van der Waals surface area contributed by atoms with Crippen molar-refractivity contribution in [3.63, 3.8) is 0 Å². The fourth-order valence-corrected chi connectivity index (χ4v) is 2.20.